The van der Waals surface area contributed by atoms with Crippen LogP contribution >= 0.6 is 0 Å². The summed E-state index contributed by atoms with van der Waals surface area (Å²) in [5.74, 6) is -0.226. The van der Waals surface area contributed by atoms with Crippen LogP contribution in [-0.4, -0.2) is 12.5 Å². The molecule has 1 aliphatic rings. The lowest BCUT2D eigenvalue weighted by molar-refractivity contribution is -0.120. The quantitative estimate of drug-likeness (QED) is 0.553. The van der Waals surface area contributed by atoms with Crippen LogP contribution in [0.3, 0.4) is 0 Å². The number of rotatable bonds is 1. The van der Waals surface area contributed by atoms with Gasteiger partial charge in [0.2, 0.25) is 5.91 Å². The summed E-state index contributed by atoms with van der Waals surface area (Å²) in [6, 6.07) is 7.33. The van der Waals surface area contributed by atoms with Crippen LogP contribution in [0.2, 0.25) is 0 Å². The summed E-state index contributed by atoms with van der Waals surface area (Å²) >= 11 is 0. The van der Waals surface area contributed by atoms with Gasteiger partial charge in [0.25, 0.3) is 0 Å². The summed E-state index contributed by atoms with van der Waals surface area (Å²) in [7, 11) is 0. The van der Waals surface area contributed by atoms with E-state index in [0.717, 1.165) is 11.3 Å². The van der Waals surface area contributed by atoms with Crippen LogP contribution < -0.4 is 16.8 Å². The van der Waals surface area contributed by atoms with Crippen molar-refractivity contribution in [3.63, 3.8) is 0 Å². The Labute approximate surface area is 75.9 Å². The first-order valence-electron chi connectivity index (χ1n) is 4.08. The van der Waals surface area contributed by atoms with Crippen LogP contribution in [0.4, 0.5) is 5.69 Å². The summed E-state index contributed by atoms with van der Waals surface area (Å²) < 4.78 is 0. The molecule has 1 heterocycles. The van der Waals surface area contributed by atoms with Gasteiger partial charge in [-0.25, -0.2) is 0 Å². The Morgan fingerprint density at radius 1 is 1.38 bits per heavy atom. The first-order valence-corrected chi connectivity index (χ1v) is 4.08. The number of hydrogen-bond donors (Lipinski definition) is 3. The summed E-state index contributed by atoms with van der Waals surface area (Å²) in [5, 5.41) is 2.69. The smallest absolute Gasteiger partial charge is 0.250 e. The highest BCUT2D eigenvalue weighted by atomic mass is 16.2. The number of benzene rings is 1. The Morgan fingerprint density at radius 3 is 2.77 bits per heavy atom. The molecule has 0 bridgehead atoms. The largest absolute Gasteiger partial charge is 0.328 e. The van der Waals surface area contributed by atoms with E-state index in [9.17, 15) is 4.79 Å². The lowest BCUT2D eigenvalue weighted by Gasteiger charge is -2.18. The van der Waals surface area contributed by atoms with Gasteiger partial charge in [0.15, 0.2) is 0 Å². The minimum Gasteiger partial charge on any atom is -0.328 e. The molecular weight excluding hydrogens is 166 g/mol. The SMILES string of the molecule is NC[C@]1(N)C(=O)Nc2ccccc21. The standard InChI is InChI=1S/C9H11N3O/c10-5-9(11)6-3-1-2-4-7(6)12-8(9)13/h1-4H,5,10-11H2,(H,12,13)/t9-/m1/s1. The van der Waals surface area contributed by atoms with Gasteiger partial charge in [0.1, 0.15) is 5.54 Å². The molecule has 0 aliphatic carbocycles. The van der Waals surface area contributed by atoms with E-state index >= 15 is 0 Å². The molecule has 0 aromatic heterocycles. The predicted octanol–water partition coefficient (Wildman–Crippen LogP) is -0.249. The lowest BCUT2D eigenvalue weighted by atomic mass is 9.93. The summed E-state index contributed by atoms with van der Waals surface area (Å²) in [6.07, 6.45) is 0. The zero-order valence-electron chi connectivity index (χ0n) is 7.08. The van der Waals surface area contributed by atoms with Gasteiger partial charge < -0.3 is 16.8 Å². The molecule has 0 spiro atoms. The van der Waals surface area contributed by atoms with E-state index in [2.05, 4.69) is 5.32 Å². The fraction of sp³-hybridized carbons (Fsp3) is 0.222. The Kier molecular flexibility index (Phi) is 1.61. The maximum atomic E-state index is 11.5. The molecule has 0 saturated heterocycles. The van der Waals surface area contributed by atoms with Gasteiger partial charge in [-0.2, -0.15) is 0 Å². The molecule has 1 aromatic rings. The van der Waals surface area contributed by atoms with Crippen molar-refractivity contribution in [3.05, 3.63) is 29.8 Å². The zero-order chi connectivity index (χ0) is 9.47. The number of nitrogens with two attached hydrogens (primary N) is 2. The molecule has 0 saturated carbocycles. The third-order valence-electron chi connectivity index (χ3n) is 2.38. The second-order valence-corrected chi connectivity index (χ2v) is 3.18. The molecule has 5 N–H and O–H groups in total. The van der Waals surface area contributed by atoms with Crippen LogP contribution in [0.25, 0.3) is 0 Å². The monoisotopic (exact) mass is 177 g/mol. The van der Waals surface area contributed by atoms with E-state index in [1.54, 1.807) is 0 Å². The topological polar surface area (TPSA) is 81.1 Å². The second-order valence-electron chi connectivity index (χ2n) is 3.18. The molecule has 13 heavy (non-hydrogen) atoms. The van der Waals surface area contributed by atoms with Crippen LogP contribution in [0.15, 0.2) is 24.3 Å². The van der Waals surface area contributed by atoms with Gasteiger partial charge in [0, 0.05) is 17.8 Å². The van der Waals surface area contributed by atoms with Crippen molar-refractivity contribution in [2.24, 2.45) is 11.5 Å². The molecule has 1 atom stereocenters. The molecule has 1 amide bonds. The van der Waals surface area contributed by atoms with E-state index in [1.165, 1.54) is 0 Å². The van der Waals surface area contributed by atoms with Crippen molar-refractivity contribution < 1.29 is 4.79 Å². The molecule has 1 aromatic carbocycles. The van der Waals surface area contributed by atoms with E-state index in [0.29, 0.717) is 0 Å². The highest BCUT2D eigenvalue weighted by Crippen LogP contribution is 2.32. The van der Waals surface area contributed by atoms with E-state index < -0.39 is 5.54 Å². The van der Waals surface area contributed by atoms with Crippen LogP contribution in [-0.2, 0) is 10.3 Å². The fourth-order valence-corrected chi connectivity index (χ4v) is 1.54. The van der Waals surface area contributed by atoms with Gasteiger partial charge in [-0.1, -0.05) is 18.2 Å². The van der Waals surface area contributed by atoms with Gasteiger partial charge in [-0.05, 0) is 6.07 Å². The minimum absolute atomic E-state index is 0.121. The number of hydrogen-bond acceptors (Lipinski definition) is 3. The van der Waals surface area contributed by atoms with Gasteiger partial charge in [0.05, 0.1) is 0 Å². The third-order valence-corrected chi connectivity index (χ3v) is 2.38. The number of fused-ring (bicyclic) bond motifs is 1. The highest BCUT2D eigenvalue weighted by Gasteiger charge is 2.41. The van der Waals surface area contributed by atoms with Crippen molar-refractivity contribution in [1.82, 2.24) is 0 Å². The number of carbonyl (C=O) groups is 1. The number of anilines is 1. The fourth-order valence-electron chi connectivity index (χ4n) is 1.54. The lowest BCUT2D eigenvalue weighted by Crippen LogP contribution is -2.49. The summed E-state index contributed by atoms with van der Waals surface area (Å²) in [4.78, 5) is 11.5. The molecule has 4 heteroatoms. The minimum atomic E-state index is -1.05. The Hall–Kier alpha value is -1.39. The van der Waals surface area contributed by atoms with Crippen molar-refractivity contribution in [1.29, 1.82) is 0 Å². The molecule has 68 valence electrons. The van der Waals surface area contributed by atoms with Crippen LogP contribution in [0.5, 0.6) is 0 Å². The molecule has 0 unspecified atom stereocenters. The predicted molar refractivity (Wildman–Crippen MR) is 50.0 cm³/mol. The van der Waals surface area contributed by atoms with Gasteiger partial charge in [-0.3, -0.25) is 4.79 Å². The van der Waals surface area contributed by atoms with E-state index in [4.69, 9.17) is 11.5 Å². The molecule has 0 radical (unpaired) electrons. The van der Waals surface area contributed by atoms with Gasteiger partial charge in [-0.15, -0.1) is 0 Å². The highest BCUT2D eigenvalue weighted by molar-refractivity contribution is 6.05. The molecule has 1 aliphatic heterocycles. The van der Waals surface area contributed by atoms with Gasteiger partial charge >= 0.3 is 0 Å². The van der Waals surface area contributed by atoms with Crippen LogP contribution in [0.1, 0.15) is 5.56 Å². The van der Waals surface area contributed by atoms with Crippen molar-refractivity contribution in [2.45, 2.75) is 5.54 Å². The maximum Gasteiger partial charge on any atom is 0.250 e. The number of amides is 1. The van der Waals surface area contributed by atoms with E-state index in [1.807, 2.05) is 24.3 Å². The van der Waals surface area contributed by atoms with Crippen molar-refractivity contribution in [3.8, 4) is 0 Å². The Bertz CT molecular complexity index is 364. The van der Waals surface area contributed by atoms with E-state index in [-0.39, 0.29) is 12.5 Å². The Balaban J connectivity index is 2.59. The van der Waals surface area contributed by atoms with Crippen molar-refractivity contribution >= 4 is 11.6 Å². The number of nitrogens with one attached hydrogen (secondary N) is 1. The molecular formula is C9H11N3O. The average Bonchev–Trinajstić information content (AvgIpc) is 2.41. The Morgan fingerprint density at radius 2 is 2.08 bits per heavy atom. The second kappa shape index (κ2) is 2.55. The average molecular weight is 177 g/mol. The molecule has 2 rings (SSSR count). The van der Waals surface area contributed by atoms with Crippen LogP contribution in [0, 0.1) is 0 Å². The first kappa shape index (κ1) is 8.22. The maximum absolute atomic E-state index is 11.5. The number of para-hydroxylation sites is 1. The summed E-state index contributed by atoms with van der Waals surface area (Å²) in [6.45, 7) is 0.121. The normalized spacial score (nSPS) is 25.5. The molecule has 4 nitrogen and oxygen atoms in total. The first-order chi connectivity index (χ1) is 6.18. The molecule has 0 fully saturated rings. The zero-order valence-corrected chi connectivity index (χ0v) is 7.08. The third kappa shape index (κ3) is 0.961. The van der Waals surface area contributed by atoms with Crippen molar-refractivity contribution in [2.75, 3.05) is 11.9 Å². The number of carbonyl (C=O) groups excluding carboxylic acids is 1. The summed E-state index contributed by atoms with van der Waals surface area (Å²) in [5.41, 5.74) is 11.9.